The van der Waals surface area contributed by atoms with E-state index in [1.54, 1.807) is 0 Å². The second kappa shape index (κ2) is 3.22. The van der Waals surface area contributed by atoms with Gasteiger partial charge in [-0.25, -0.2) is 0 Å². The fourth-order valence-corrected chi connectivity index (χ4v) is 0.508. The summed E-state index contributed by atoms with van der Waals surface area (Å²) < 4.78 is 0. The average molecular weight is 123 g/mol. The van der Waals surface area contributed by atoms with Crippen molar-refractivity contribution in [2.75, 3.05) is 0 Å². The van der Waals surface area contributed by atoms with Crippen molar-refractivity contribution >= 4 is 11.8 Å². The Balaban J connectivity index is 0. The third-order valence-corrected chi connectivity index (χ3v) is 0.858. The molecule has 0 spiro atoms. The minimum Gasteiger partial charge on any atom is -1.00 e. The maximum absolute atomic E-state index is 10.1. The quantitative estimate of drug-likeness (QED) is 0.269. The van der Waals surface area contributed by atoms with Gasteiger partial charge < -0.3 is 1.43 Å². The van der Waals surface area contributed by atoms with Crippen LogP contribution >= 0.6 is 0 Å². The van der Waals surface area contributed by atoms with Crippen LogP contribution in [0, 0.1) is 0 Å². The average Bonchev–Trinajstić information content (AvgIpc) is 1.87. The topological polar surface area (TPSA) is 46.2 Å². The van der Waals surface area contributed by atoms with Crippen LogP contribution in [0.4, 0.5) is 0 Å². The number of carbonyl (C=O) groups is 2. The van der Waals surface area contributed by atoms with Gasteiger partial charge in [-0.3, -0.25) is 14.9 Å². The molecule has 0 radical (unpaired) electrons. The molecule has 0 aromatic heterocycles. The summed E-state index contributed by atoms with van der Waals surface area (Å²) in [5, 5.41) is 2.14. The number of hydrogen-bond donors (Lipinski definition) is 1. The first kappa shape index (κ1) is 8.14. The molecule has 0 atom stereocenters. The van der Waals surface area contributed by atoms with Gasteiger partial charge in [-0.15, -0.1) is 0 Å². The van der Waals surface area contributed by atoms with Crippen LogP contribution in [0.25, 0.3) is 0 Å². The first-order valence-corrected chi connectivity index (χ1v) is 2.12. The van der Waals surface area contributed by atoms with Gasteiger partial charge in [0.15, 0.2) is 0 Å². The minimum absolute atomic E-state index is 0. The zero-order valence-electron chi connectivity index (χ0n) is 5.73. The van der Waals surface area contributed by atoms with Crippen molar-refractivity contribution in [2.45, 2.75) is 12.8 Å². The Morgan fingerprint density at radius 3 is 1.75 bits per heavy atom. The molecule has 2 amide bonds. The summed E-state index contributed by atoms with van der Waals surface area (Å²) >= 11 is 0. The zero-order valence-corrected chi connectivity index (χ0v) is 6.73. The molecular formula is C4H6NNaO2. The molecule has 8 heavy (non-hydrogen) atoms. The predicted molar refractivity (Wildman–Crippen MR) is 23.5 cm³/mol. The van der Waals surface area contributed by atoms with Crippen LogP contribution in [0.2, 0.25) is 0 Å². The molecule has 1 N–H and O–H groups in total. The Bertz CT molecular complexity index is 114. The monoisotopic (exact) mass is 123 g/mol. The Kier molecular flexibility index (Phi) is 3.28. The summed E-state index contributed by atoms with van der Waals surface area (Å²) in [7, 11) is 0. The maximum Gasteiger partial charge on any atom is 1.00 e. The molecule has 4 heteroatoms. The summed E-state index contributed by atoms with van der Waals surface area (Å²) in [4.78, 5) is 20.2. The number of amides is 2. The minimum atomic E-state index is -0.148. The van der Waals surface area contributed by atoms with Gasteiger partial charge in [0.1, 0.15) is 0 Å². The van der Waals surface area contributed by atoms with Gasteiger partial charge in [-0.1, -0.05) is 0 Å². The van der Waals surface area contributed by atoms with E-state index in [9.17, 15) is 9.59 Å². The molecule has 0 aromatic rings. The van der Waals surface area contributed by atoms with Gasteiger partial charge in [-0.05, 0) is 0 Å². The van der Waals surface area contributed by atoms with Crippen LogP contribution in [0.1, 0.15) is 14.3 Å². The third kappa shape index (κ3) is 1.94. The Hall–Kier alpha value is 0.140. The van der Waals surface area contributed by atoms with Crippen LogP contribution in [-0.4, -0.2) is 11.8 Å². The van der Waals surface area contributed by atoms with E-state index in [4.69, 9.17) is 0 Å². The molecule has 40 valence electrons. The standard InChI is InChI=1S/C4H5NO2.Na.H/c6-3-1-2-4(7)5-3;;/h1-2H2,(H,5,6,7);;/q;+1;-1. The molecule has 0 aromatic carbocycles. The van der Waals surface area contributed by atoms with Gasteiger partial charge in [0.2, 0.25) is 11.8 Å². The van der Waals surface area contributed by atoms with E-state index in [0.29, 0.717) is 12.8 Å². The molecule has 1 aliphatic rings. The van der Waals surface area contributed by atoms with Crippen LogP contribution in [0.3, 0.4) is 0 Å². The van der Waals surface area contributed by atoms with E-state index >= 15 is 0 Å². The molecule has 0 bridgehead atoms. The van der Waals surface area contributed by atoms with Crippen molar-refractivity contribution in [3.63, 3.8) is 0 Å². The van der Waals surface area contributed by atoms with Gasteiger partial charge in [0, 0.05) is 12.8 Å². The predicted octanol–water partition coefficient (Wildman–Crippen LogP) is -3.46. The molecular weight excluding hydrogens is 117 g/mol. The van der Waals surface area contributed by atoms with Crippen molar-refractivity contribution in [1.82, 2.24) is 5.32 Å². The smallest absolute Gasteiger partial charge is 1.00 e. The molecule has 0 saturated carbocycles. The molecule has 1 fully saturated rings. The third-order valence-electron chi connectivity index (χ3n) is 0.858. The molecule has 1 aliphatic heterocycles. The van der Waals surface area contributed by atoms with E-state index in [1.165, 1.54) is 0 Å². The fourth-order valence-electron chi connectivity index (χ4n) is 0.508. The Morgan fingerprint density at radius 2 is 1.62 bits per heavy atom. The van der Waals surface area contributed by atoms with Crippen LogP contribution < -0.4 is 34.9 Å². The second-order valence-electron chi connectivity index (χ2n) is 1.47. The van der Waals surface area contributed by atoms with Gasteiger partial charge in [-0.2, -0.15) is 0 Å². The normalized spacial score (nSPS) is 17.5. The Labute approximate surface area is 70.6 Å². The summed E-state index contributed by atoms with van der Waals surface area (Å²) in [6.45, 7) is 0. The van der Waals surface area contributed by atoms with Crippen molar-refractivity contribution in [1.29, 1.82) is 0 Å². The molecule has 0 unspecified atom stereocenters. The second-order valence-corrected chi connectivity index (χ2v) is 1.47. The van der Waals surface area contributed by atoms with Crippen molar-refractivity contribution in [3.05, 3.63) is 0 Å². The largest absolute Gasteiger partial charge is 1.00 e. The first-order valence-electron chi connectivity index (χ1n) is 2.12. The van der Waals surface area contributed by atoms with E-state index in [0.717, 1.165) is 0 Å². The summed E-state index contributed by atoms with van der Waals surface area (Å²) in [6.07, 6.45) is 0.748. The van der Waals surface area contributed by atoms with E-state index in [2.05, 4.69) is 5.32 Å². The maximum atomic E-state index is 10.1. The van der Waals surface area contributed by atoms with Gasteiger partial charge in [0.05, 0.1) is 0 Å². The molecule has 3 nitrogen and oxygen atoms in total. The van der Waals surface area contributed by atoms with Crippen LogP contribution in [0.5, 0.6) is 0 Å². The summed E-state index contributed by atoms with van der Waals surface area (Å²) in [5.74, 6) is -0.296. The SMILES string of the molecule is O=C1CCC(=O)N1.[H-].[Na+]. The summed E-state index contributed by atoms with van der Waals surface area (Å²) in [6, 6.07) is 0. The number of hydrogen-bond acceptors (Lipinski definition) is 2. The fraction of sp³-hybridized carbons (Fsp3) is 0.500. The number of carbonyl (C=O) groups excluding carboxylic acids is 2. The van der Waals surface area contributed by atoms with Crippen molar-refractivity contribution < 1.29 is 40.6 Å². The number of nitrogens with one attached hydrogen (secondary N) is 1. The van der Waals surface area contributed by atoms with Crippen molar-refractivity contribution in [3.8, 4) is 0 Å². The van der Waals surface area contributed by atoms with E-state index in [1.807, 2.05) is 0 Å². The van der Waals surface area contributed by atoms with Crippen LogP contribution in [-0.2, 0) is 9.59 Å². The molecule has 1 heterocycles. The zero-order chi connectivity index (χ0) is 5.28. The van der Waals surface area contributed by atoms with Gasteiger partial charge in [0.25, 0.3) is 0 Å². The first-order chi connectivity index (χ1) is 3.29. The molecule has 1 rings (SSSR count). The van der Waals surface area contributed by atoms with Crippen molar-refractivity contribution in [2.24, 2.45) is 0 Å². The van der Waals surface area contributed by atoms with Crippen LogP contribution in [0.15, 0.2) is 0 Å². The van der Waals surface area contributed by atoms with E-state index < -0.39 is 0 Å². The number of rotatable bonds is 0. The van der Waals surface area contributed by atoms with Gasteiger partial charge >= 0.3 is 29.6 Å². The van der Waals surface area contributed by atoms with E-state index in [-0.39, 0.29) is 42.8 Å². The molecule has 1 saturated heterocycles. The Morgan fingerprint density at radius 1 is 1.25 bits per heavy atom. The summed E-state index contributed by atoms with van der Waals surface area (Å²) in [5.41, 5.74) is 0. The number of imide groups is 1. The molecule has 0 aliphatic carbocycles.